The minimum absolute atomic E-state index is 0. The lowest BCUT2D eigenvalue weighted by molar-refractivity contribution is 0.0660. The van der Waals surface area contributed by atoms with Gasteiger partial charge in [-0.2, -0.15) is 0 Å². The molecule has 2 rings (SSSR count). The van der Waals surface area contributed by atoms with Gasteiger partial charge in [0.25, 0.3) is 5.91 Å². The molecule has 0 bridgehead atoms. The molecule has 1 heterocycles. The maximum atomic E-state index is 12.9. The van der Waals surface area contributed by atoms with Gasteiger partial charge in [-0.1, -0.05) is 6.92 Å². The summed E-state index contributed by atoms with van der Waals surface area (Å²) in [5.41, 5.74) is 6.63. The predicted octanol–water partition coefficient (Wildman–Crippen LogP) is 3.87. The van der Waals surface area contributed by atoms with Gasteiger partial charge in [-0.05, 0) is 60.2 Å². The molecule has 1 aliphatic rings. The molecule has 2 N–H and O–H groups in total. The van der Waals surface area contributed by atoms with E-state index in [1.54, 1.807) is 13.2 Å². The van der Waals surface area contributed by atoms with Crippen molar-refractivity contribution in [3.8, 4) is 11.5 Å². The first-order valence-corrected chi connectivity index (χ1v) is 9.32. The number of ether oxygens (including phenoxy) is 2. The van der Waals surface area contributed by atoms with Crippen LogP contribution in [0.4, 0.5) is 0 Å². The fourth-order valence-electron chi connectivity index (χ4n) is 2.99. The van der Waals surface area contributed by atoms with E-state index in [1.165, 1.54) is 0 Å². The third-order valence-electron chi connectivity index (χ3n) is 4.42. The lowest BCUT2D eigenvalue weighted by Gasteiger charge is -2.34. The Kier molecular flexibility index (Phi) is 9.03. The van der Waals surface area contributed by atoms with E-state index in [-0.39, 0.29) is 24.4 Å². The maximum Gasteiger partial charge on any atom is 0.254 e. The zero-order valence-corrected chi connectivity index (χ0v) is 17.5. The highest BCUT2D eigenvalue weighted by Crippen LogP contribution is 2.37. The molecule has 25 heavy (non-hydrogen) atoms. The summed E-state index contributed by atoms with van der Waals surface area (Å²) >= 11 is 3.50. The third-order valence-corrected chi connectivity index (χ3v) is 5.00. The number of nitrogens with two attached hydrogens (primary N) is 1. The van der Waals surface area contributed by atoms with Gasteiger partial charge in [0, 0.05) is 24.7 Å². The topological polar surface area (TPSA) is 64.8 Å². The molecular weight excluding hydrogens is 408 g/mol. The lowest BCUT2D eigenvalue weighted by atomic mass is 9.92. The number of piperidine rings is 1. The van der Waals surface area contributed by atoms with E-state index in [1.807, 2.05) is 24.8 Å². The van der Waals surface area contributed by atoms with Crippen LogP contribution in [0, 0.1) is 5.92 Å². The molecule has 1 amide bonds. The highest BCUT2D eigenvalue weighted by molar-refractivity contribution is 9.10. The van der Waals surface area contributed by atoms with Gasteiger partial charge < -0.3 is 20.1 Å². The smallest absolute Gasteiger partial charge is 0.254 e. The maximum absolute atomic E-state index is 12.9. The predicted molar refractivity (Wildman–Crippen MR) is 106 cm³/mol. The minimum atomic E-state index is 0. The van der Waals surface area contributed by atoms with Crippen LogP contribution in [-0.4, -0.2) is 43.7 Å². The van der Waals surface area contributed by atoms with E-state index < -0.39 is 0 Å². The van der Waals surface area contributed by atoms with Crippen molar-refractivity contribution in [1.82, 2.24) is 4.90 Å². The van der Waals surface area contributed by atoms with Gasteiger partial charge in [-0.25, -0.2) is 0 Å². The minimum Gasteiger partial charge on any atom is -0.493 e. The van der Waals surface area contributed by atoms with Crippen molar-refractivity contribution < 1.29 is 14.3 Å². The first kappa shape index (κ1) is 22.1. The molecule has 1 aromatic carbocycles. The van der Waals surface area contributed by atoms with Crippen LogP contribution in [0.25, 0.3) is 0 Å². The van der Waals surface area contributed by atoms with Crippen LogP contribution < -0.4 is 15.2 Å². The molecule has 2 unspecified atom stereocenters. The van der Waals surface area contributed by atoms with Gasteiger partial charge in [0.1, 0.15) is 0 Å². The number of halogens is 2. The van der Waals surface area contributed by atoms with E-state index in [0.717, 1.165) is 30.3 Å². The largest absolute Gasteiger partial charge is 0.493 e. The van der Waals surface area contributed by atoms with Crippen molar-refractivity contribution in [3.63, 3.8) is 0 Å². The number of hydrogen-bond donors (Lipinski definition) is 1. The second-order valence-corrected chi connectivity index (χ2v) is 7.20. The Morgan fingerprint density at radius 1 is 1.48 bits per heavy atom. The average Bonchev–Trinajstić information content (AvgIpc) is 2.59. The van der Waals surface area contributed by atoms with Gasteiger partial charge >= 0.3 is 0 Å². The Balaban J connectivity index is 0.00000312. The van der Waals surface area contributed by atoms with Gasteiger partial charge in [0.2, 0.25) is 0 Å². The fourth-order valence-corrected chi connectivity index (χ4v) is 3.55. The lowest BCUT2D eigenvalue weighted by Crippen LogP contribution is -2.45. The molecule has 5 nitrogen and oxygen atoms in total. The van der Waals surface area contributed by atoms with Crippen molar-refractivity contribution in [2.75, 3.05) is 26.8 Å². The van der Waals surface area contributed by atoms with Crippen molar-refractivity contribution >= 4 is 34.2 Å². The molecule has 142 valence electrons. The average molecular weight is 436 g/mol. The Hall–Kier alpha value is -0.980. The summed E-state index contributed by atoms with van der Waals surface area (Å²) in [6.45, 7) is 6.15. The number of amides is 1. The van der Waals surface area contributed by atoms with Crippen LogP contribution in [0.3, 0.4) is 0 Å². The van der Waals surface area contributed by atoms with Crippen LogP contribution in [0.15, 0.2) is 16.6 Å². The highest BCUT2D eigenvalue weighted by Gasteiger charge is 2.27. The van der Waals surface area contributed by atoms with Gasteiger partial charge in [0.05, 0.1) is 18.2 Å². The summed E-state index contributed by atoms with van der Waals surface area (Å²) in [6, 6.07) is 3.67. The standard InChI is InChI=1S/C18H27BrN2O3.ClH/c1-4-8-24-17-15(19)9-14(10-16(17)23-3)18(22)21-7-5-6-13(11-21)12(2)20;/h9-10,12-13H,4-8,11,20H2,1-3H3;1H. The van der Waals surface area contributed by atoms with Crippen LogP contribution >= 0.6 is 28.3 Å². The summed E-state index contributed by atoms with van der Waals surface area (Å²) in [5.74, 6) is 1.59. The van der Waals surface area contributed by atoms with E-state index in [2.05, 4.69) is 15.9 Å². The van der Waals surface area contributed by atoms with Crippen LogP contribution in [0.5, 0.6) is 11.5 Å². The number of likely N-dealkylation sites (tertiary alicyclic amines) is 1. The second-order valence-electron chi connectivity index (χ2n) is 6.35. The number of rotatable bonds is 6. The van der Waals surface area contributed by atoms with Gasteiger partial charge in [-0.15, -0.1) is 12.4 Å². The fraction of sp³-hybridized carbons (Fsp3) is 0.611. The molecule has 1 saturated heterocycles. The molecule has 1 aromatic rings. The summed E-state index contributed by atoms with van der Waals surface area (Å²) in [6.07, 6.45) is 2.98. The summed E-state index contributed by atoms with van der Waals surface area (Å²) in [5, 5.41) is 0. The number of methoxy groups -OCH3 is 1. The van der Waals surface area contributed by atoms with E-state index >= 15 is 0 Å². The Morgan fingerprint density at radius 2 is 2.20 bits per heavy atom. The van der Waals surface area contributed by atoms with Crippen molar-refractivity contribution in [3.05, 3.63) is 22.2 Å². The summed E-state index contributed by atoms with van der Waals surface area (Å²) in [4.78, 5) is 14.8. The monoisotopic (exact) mass is 434 g/mol. The van der Waals surface area contributed by atoms with Crippen molar-refractivity contribution in [1.29, 1.82) is 0 Å². The number of carbonyl (C=O) groups is 1. The van der Waals surface area contributed by atoms with Crippen LogP contribution in [-0.2, 0) is 0 Å². The van der Waals surface area contributed by atoms with E-state index in [4.69, 9.17) is 15.2 Å². The van der Waals surface area contributed by atoms with Crippen molar-refractivity contribution in [2.45, 2.75) is 39.2 Å². The molecule has 7 heteroatoms. The summed E-state index contributed by atoms with van der Waals surface area (Å²) < 4.78 is 11.9. The normalized spacial score (nSPS) is 18.3. The van der Waals surface area contributed by atoms with Crippen molar-refractivity contribution in [2.24, 2.45) is 11.7 Å². The molecule has 0 saturated carbocycles. The van der Waals surface area contributed by atoms with Crippen LogP contribution in [0.1, 0.15) is 43.5 Å². The molecule has 1 fully saturated rings. The van der Waals surface area contributed by atoms with E-state index in [0.29, 0.717) is 36.1 Å². The number of benzene rings is 1. The Morgan fingerprint density at radius 3 is 2.80 bits per heavy atom. The molecule has 0 aromatic heterocycles. The number of hydrogen-bond acceptors (Lipinski definition) is 4. The molecule has 0 spiro atoms. The quantitative estimate of drug-likeness (QED) is 0.737. The number of nitrogens with zero attached hydrogens (tertiary/aromatic N) is 1. The zero-order valence-electron chi connectivity index (χ0n) is 15.1. The highest BCUT2D eigenvalue weighted by atomic mass is 79.9. The molecule has 2 atom stereocenters. The first-order chi connectivity index (χ1) is 11.5. The molecular formula is C18H28BrClN2O3. The van der Waals surface area contributed by atoms with E-state index in [9.17, 15) is 4.79 Å². The summed E-state index contributed by atoms with van der Waals surface area (Å²) in [7, 11) is 1.59. The molecule has 0 radical (unpaired) electrons. The SMILES string of the molecule is CCCOc1c(Br)cc(C(=O)N2CCCC(C(C)N)C2)cc1OC.Cl. The number of carbonyl (C=O) groups excluding carboxylic acids is 1. The first-order valence-electron chi connectivity index (χ1n) is 8.53. The van der Waals surface area contributed by atoms with Crippen LogP contribution in [0.2, 0.25) is 0 Å². The molecule has 0 aliphatic carbocycles. The van der Waals surface area contributed by atoms with Gasteiger partial charge in [-0.3, -0.25) is 4.79 Å². The zero-order chi connectivity index (χ0) is 17.7. The Bertz CT molecular complexity index is 584. The third kappa shape index (κ3) is 5.50. The second kappa shape index (κ2) is 10.2. The molecule has 1 aliphatic heterocycles. The Labute approximate surface area is 164 Å². The van der Waals surface area contributed by atoms with Gasteiger partial charge in [0.15, 0.2) is 11.5 Å².